The number of hydrogen-bond donors (Lipinski definition) is 0. The number of methoxy groups -OCH3 is 1. The molecule has 1 aliphatic rings. The molecule has 1 aliphatic heterocycles. The van der Waals surface area contributed by atoms with Crippen molar-refractivity contribution >= 4 is 15.8 Å². The summed E-state index contributed by atoms with van der Waals surface area (Å²) >= 11 is 0. The molecule has 2 rings (SSSR count). The summed E-state index contributed by atoms with van der Waals surface area (Å²) in [7, 11) is -1.66. The molecule has 1 aromatic heterocycles. The average Bonchev–Trinajstić information content (AvgIpc) is 2.47. The summed E-state index contributed by atoms with van der Waals surface area (Å²) < 4.78 is 33.7. The van der Waals surface area contributed by atoms with Crippen molar-refractivity contribution in [3.63, 3.8) is 0 Å². The molecule has 7 nitrogen and oxygen atoms in total. The van der Waals surface area contributed by atoms with Gasteiger partial charge in [-0.15, -0.1) is 0 Å². The molecule has 0 amide bonds. The number of nitrogens with zero attached hydrogens (tertiary/aromatic N) is 3. The van der Waals surface area contributed by atoms with E-state index < -0.39 is 9.84 Å². The first-order chi connectivity index (χ1) is 10.0. The van der Waals surface area contributed by atoms with Crippen molar-refractivity contribution in [1.82, 2.24) is 9.97 Å². The summed E-state index contributed by atoms with van der Waals surface area (Å²) in [5.41, 5.74) is 0. The maximum Gasteiger partial charge on any atom is 0.226 e. The van der Waals surface area contributed by atoms with Crippen LogP contribution in [0, 0.1) is 0 Å². The fourth-order valence-electron chi connectivity index (χ4n) is 2.21. The van der Waals surface area contributed by atoms with Crippen molar-refractivity contribution in [2.45, 2.75) is 24.0 Å². The molecule has 0 spiro atoms. The molecule has 0 unspecified atom stereocenters. The predicted octanol–water partition coefficient (Wildman–Crippen LogP) is 0.512. The molecule has 21 heavy (non-hydrogen) atoms. The van der Waals surface area contributed by atoms with E-state index in [1.165, 1.54) is 12.3 Å². The van der Waals surface area contributed by atoms with Crippen molar-refractivity contribution in [3.05, 3.63) is 12.3 Å². The number of rotatable bonds is 6. The molecule has 118 valence electrons. The lowest BCUT2D eigenvalue weighted by molar-refractivity contribution is 0.00597. The molecule has 0 saturated carbocycles. The first-order valence-electron chi connectivity index (χ1n) is 6.89. The lowest BCUT2D eigenvalue weighted by atomic mass is 10.1. The zero-order valence-corrected chi connectivity index (χ0v) is 13.2. The van der Waals surface area contributed by atoms with Gasteiger partial charge < -0.3 is 14.4 Å². The summed E-state index contributed by atoms with van der Waals surface area (Å²) in [5, 5.41) is 0.0611. The molecule has 0 radical (unpaired) electrons. The minimum absolute atomic E-state index is 0.0611. The van der Waals surface area contributed by atoms with Gasteiger partial charge in [-0.1, -0.05) is 0 Å². The number of sulfone groups is 1. The van der Waals surface area contributed by atoms with Gasteiger partial charge >= 0.3 is 0 Å². The van der Waals surface area contributed by atoms with Crippen LogP contribution in [-0.4, -0.2) is 64.2 Å². The Morgan fingerprint density at radius 2 is 2.05 bits per heavy atom. The van der Waals surface area contributed by atoms with Crippen LogP contribution in [0.25, 0.3) is 0 Å². The van der Waals surface area contributed by atoms with E-state index in [0.29, 0.717) is 19.2 Å². The quantitative estimate of drug-likeness (QED) is 0.559. The number of ether oxygens (including phenoxy) is 2. The summed E-state index contributed by atoms with van der Waals surface area (Å²) in [4.78, 5) is 10.3. The second kappa shape index (κ2) is 7.15. The maximum absolute atomic E-state index is 11.5. The Morgan fingerprint density at radius 1 is 1.33 bits per heavy atom. The average molecular weight is 315 g/mol. The highest BCUT2D eigenvalue weighted by molar-refractivity contribution is 7.90. The Balaban J connectivity index is 1.93. The molecule has 8 heteroatoms. The molecular weight excluding hydrogens is 294 g/mol. The first-order valence-corrected chi connectivity index (χ1v) is 8.78. The standard InChI is InChI=1S/C13H21N3O4S/c1-19-9-10-20-11-4-7-16(8-5-11)13-14-6-3-12(15-13)21(2,17)18/h3,6,11H,4-5,7-10H2,1-2H3. The van der Waals surface area contributed by atoms with Crippen molar-refractivity contribution in [2.24, 2.45) is 0 Å². The van der Waals surface area contributed by atoms with Crippen LogP contribution < -0.4 is 4.90 Å². The molecule has 0 N–H and O–H groups in total. The minimum atomic E-state index is -3.31. The van der Waals surface area contributed by atoms with Crippen molar-refractivity contribution in [2.75, 3.05) is 44.6 Å². The third kappa shape index (κ3) is 4.62. The largest absolute Gasteiger partial charge is 0.382 e. The molecule has 1 aromatic rings. The maximum atomic E-state index is 11.5. The molecule has 0 atom stereocenters. The number of hydrogen-bond acceptors (Lipinski definition) is 7. The summed E-state index contributed by atoms with van der Waals surface area (Å²) in [6, 6.07) is 1.42. The van der Waals surface area contributed by atoms with Crippen LogP contribution in [0.4, 0.5) is 5.95 Å². The third-order valence-electron chi connectivity index (χ3n) is 3.36. The molecular formula is C13H21N3O4S. The molecule has 1 saturated heterocycles. The van der Waals surface area contributed by atoms with Crippen molar-refractivity contribution in [3.8, 4) is 0 Å². The van der Waals surface area contributed by atoms with Gasteiger partial charge in [0.1, 0.15) is 0 Å². The molecule has 0 bridgehead atoms. The third-order valence-corrected chi connectivity index (χ3v) is 4.35. The smallest absolute Gasteiger partial charge is 0.226 e. The van der Waals surface area contributed by atoms with Crippen molar-refractivity contribution in [1.29, 1.82) is 0 Å². The van der Waals surface area contributed by atoms with E-state index in [4.69, 9.17) is 9.47 Å². The zero-order valence-electron chi connectivity index (χ0n) is 12.4. The second-order valence-electron chi connectivity index (χ2n) is 5.02. The van der Waals surface area contributed by atoms with Crippen LogP contribution >= 0.6 is 0 Å². The van der Waals surface area contributed by atoms with Gasteiger partial charge in [-0.25, -0.2) is 18.4 Å². The zero-order chi connectivity index (χ0) is 15.3. The first kappa shape index (κ1) is 16.1. The molecule has 1 fully saturated rings. The van der Waals surface area contributed by atoms with Crippen LogP contribution in [0.2, 0.25) is 0 Å². The topological polar surface area (TPSA) is 81.6 Å². The van der Waals surface area contributed by atoms with Crippen LogP contribution in [0.5, 0.6) is 0 Å². The number of anilines is 1. The van der Waals surface area contributed by atoms with Gasteiger partial charge in [-0.2, -0.15) is 0 Å². The van der Waals surface area contributed by atoms with Gasteiger partial charge in [0.05, 0.1) is 19.3 Å². The Bertz CT molecular complexity index is 556. The minimum Gasteiger partial charge on any atom is -0.382 e. The Morgan fingerprint density at radius 3 is 2.67 bits per heavy atom. The second-order valence-corrected chi connectivity index (χ2v) is 6.98. The van der Waals surface area contributed by atoms with Crippen LogP contribution in [0.1, 0.15) is 12.8 Å². The van der Waals surface area contributed by atoms with Crippen LogP contribution in [0.15, 0.2) is 17.3 Å². The molecule has 0 aliphatic carbocycles. The monoisotopic (exact) mass is 315 g/mol. The van der Waals surface area contributed by atoms with Gasteiger partial charge in [-0.05, 0) is 18.9 Å². The molecule has 2 heterocycles. The SMILES string of the molecule is COCCOC1CCN(c2nccc(S(C)(=O)=O)n2)CC1. The summed E-state index contributed by atoms with van der Waals surface area (Å²) in [6.45, 7) is 2.71. The highest BCUT2D eigenvalue weighted by atomic mass is 32.2. The number of piperidine rings is 1. The van der Waals surface area contributed by atoms with Gasteiger partial charge in [-0.3, -0.25) is 0 Å². The van der Waals surface area contributed by atoms with Crippen molar-refractivity contribution < 1.29 is 17.9 Å². The Kier molecular flexibility index (Phi) is 5.49. The van der Waals surface area contributed by atoms with E-state index in [2.05, 4.69) is 9.97 Å². The van der Waals surface area contributed by atoms with Crippen LogP contribution in [0.3, 0.4) is 0 Å². The Hall–Kier alpha value is -1.25. The predicted molar refractivity (Wildman–Crippen MR) is 78.2 cm³/mol. The highest BCUT2D eigenvalue weighted by Crippen LogP contribution is 2.19. The summed E-state index contributed by atoms with van der Waals surface area (Å²) in [6.07, 6.45) is 4.59. The highest BCUT2D eigenvalue weighted by Gasteiger charge is 2.22. The van der Waals surface area contributed by atoms with Gasteiger partial charge in [0.15, 0.2) is 14.9 Å². The lowest BCUT2D eigenvalue weighted by Gasteiger charge is -2.31. The van der Waals surface area contributed by atoms with E-state index >= 15 is 0 Å². The van der Waals surface area contributed by atoms with Gasteiger partial charge in [0, 0.05) is 32.7 Å². The molecule has 0 aromatic carbocycles. The van der Waals surface area contributed by atoms with E-state index in [1.54, 1.807) is 7.11 Å². The van der Waals surface area contributed by atoms with E-state index in [9.17, 15) is 8.42 Å². The van der Waals surface area contributed by atoms with Crippen LogP contribution in [-0.2, 0) is 19.3 Å². The Labute approximate surface area is 125 Å². The summed E-state index contributed by atoms with van der Waals surface area (Å²) in [5.74, 6) is 0.466. The lowest BCUT2D eigenvalue weighted by Crippen LogP contribution is -2.38. The van der Waals surface area contributed by atoms with E-state index in [1.807, 2.05) is 4.90 Å². The fourth-order valence-corrected chi connectivity index (χ4v) is 2.77. The normalized spacial score (nSPS) is 17.1. The number of aromatic nitrogens is 2. The van der Waals surface area contributed by atoms with E-state index in [-0.39, 0.29) is 11.1 Å². The van der Waals surface area contributed by atoms with Gasteiger partial charge in [0.25, 0.3) is 0 Å². The van der Waals surface area contributed by atoms with Gasteiger partial charge in [0.2, 0.25) is 5.95 Å². The fraction of sp³-hybridized carbons (Fsp3) is 0.692. The van der Waals surface area contributed by atoms with E-state index in [0.717, 1.165) is 32.2 Å².